The third-order valence-corrected chi connectivity index (χ3v) is 4.23. The van der Waals surface area contributed by atoms with Crippen molar-refractivity contribution < 1.29 is 4.74 Å². The number of hydrogen-bond donors (Lipinski definition) is 1. The fourth-order valence-electron chi connectivity index (χ4n) is 3.34. The van der Waals surface area contributed by atoms with Crippen molar-refractivity contribution in [3.63, 3.8) is 0 Å². The van der Waals surface area contributed by atoms with E-state index in [0.29, 0.717) is 5.41 Å². The molecule has 18 heavy (non-hydrogen) atoms. The molecule has 1 fully saturated rings. The fraction of sp³-hybridized carbons (Fsp3) is 0.625. The average Bonchev–Trinajstić information content (AvgIpc) is 2.25. The summed E-state index contributed by atoms with van der Waals surface area (Å²) in [6.45, 7) is 5.42. The molecule has 1 N–H and O–H groups in total. The predicted molar refractivity (Wildman–Crippen MR) is 76.4 cm³/mol. The molecule has 0 amide bonds. The van der Waals surface area contributed by atoms with Crippen molar-refractivity contribution in [2.45, 2.75) is 39.5 Å². The van der Waals surface area contributed by atoms with Gasteiger partial charge in [-0.15, -0.1) is 0 Å². The predicted octanol–water partition coefficient (Wildman–Crippen LogP) is 3.24. The van der Waals surface area contributed by atoms with Gasteiger partial charge in [0.2, 0.25) is 0 Å². The molecular weight excluding hydrogens is 222 g/mol. The molecule has 0 radical (unpaired) electrons. The largest absolute Gasteiger partial charge is 0.496 e. The second kappa shape index (κ2) is 5.31. The van der Waals surface area contributed by atoms with E-state index >= 15 is 0 Å². The molecule has 1 aliphatic rings. The Kier molecular flexibility index (Phi) is 3.96. The number of methoxy groups -OCH3 is 1. The molecule has 1 aromatic carbocycles. The van der Waals surface area contributed by atoms with Crippen molar-refractivity contribution in [2.24, 2.45) is 5.41 Å². The molecule has 0 aromatic heterocycles. The highest BCUT2D eigenvalue weighted by Crippen LogP contribution is 2.45. The van der Waals surface area contributed by atoms with Gasteiger partial charge in [-0.25, -0.2) is 0 Å². The Labute approximate surface area is 111 Å². The van der Waals surface area contributed by atoms with E-state index < -0.39 is 0 Å². The Morgan fingerprint density at radius 1 is 1.28 bits per heavy atom. The van der Waals surface area contributed by atoms with Crippen LogP contribution in [0.1, 0.15) is 36.0 Å². The Morgan fingerprint density at radius 2 is 2.00 bits per heavy atom. The van der Waals surface area contributed by atoms with Gasteiger partial charge in [0, 0.05) is 6.54 Å². The third-order valence-electron chi connectivity index (χ3n) is 4.23. The lowest BCUT2D eigenvalue weighted by atomic mass is 9.65. The van der Waals surface area contributed by atoms with Crippen LogP contribution in [0, 0.1) is 19.3 Å². The van der Waals surface area contributed by atoms with Gasteiger partial charge >= 0.3 is 0 Å². The minimum Gasteiger partial charge on any atom is -0.496 e. The van der Waals surface area contributed by atoms with Crippen molar-refractivity contribution in [1.29, 1.82) is 0 Å². The lowest BCUT2D eigenvalue weighted by Gasteiger charge is -2.42. The maximum atomic E-state index is 5.60. The molecule has 0 unspecified atom stereocenters. The van der Waals surface area contributed by atoms with Gasteiger partial charge in [-0.2, -0.15) is 0 Å². The van der Waals surface area contributed by atoms with E-state index in [1.54, 1.807) is 7.11 Å². The van der Waals surface area contributed by atoms with Crippen LogP contribution in [0.3, 0.4) is 0 Å². The number of aryl methyl sites for hydroxylation is 2. The Morgan fingerprint density at radius 3 is 2.50 bits per heavy atom. The van der Waals surface area contributed by atoms with Gasteiger partial charge in [-0.3, -0.25) is 0 Å². The van der Waals surface area contributed by atoms with E-state index in [0.717, 1.165) is 18.7 Å². The standard InChI is InChI=1S/C16H25NO/c1-12-8-13(2)15(18-4)14(9-12)10-16(11-17-3)6-5-7-16/h8-9,17H,5-7,10-11H2,1-4H3. The van der Waals surface area contributed by atoms with Crippen LogP contribution in [0.5, 0.6) is 5.75 Å². The number of benzene rings is 1. The van der Waals surface area contributed by atoms with Gasteiger partial charge in [-0.1, -0.05) is 24.1 Å². The second-order valence-corrected chi connectivity index (χ2v) is 5.83. The van der Waals surface area contributed by atoms with Crippen molar-refractivity contribution >= 4 is 0 Å². The number of hydrogen-bond acceptors (Lipinski definition) is 2. The zero-order valence-corrected chi connectivity index (χ0v) is 12.1. The van der Waals surface area contributed by atoms with E-state index in [2.05, 4.69) is 38.3 Å². The minimum atomic E-state index is 0.461. The molecule has 100 valence electrons. The first-order valence-corrected chi connectivity index (χ1v) is 6.89. The summed E-state index contributed by atoms with van der Waals surface area (Å²) in [5, 5.41) is 3.36. The van der Waals surface area contributed by atoms with Crippen LogP contribution in [0.2, 0.25) is 0 Å². The van der Waals surface area contributed by atoms with Crippen molar-refractivity contribution in [2.75, 3.05) is 20.7 Å². The molecule has 1 aliphatic carbocycles. The molecule has 0 heterocycles. The van der Waals surface area contributed by atoms with Gasteiger partial charge in [0.15, 0.2) is 0 Å². The van der Waals surface area contributed by atoms with Gasteiger partial charge < -0.3 is 10.1 Å². The summed E-state index contributed by atoms with van der Waals surface area (Å²) in [7, 11) is 3.84. The van der Waals surface area contributed by atoms with Gasteiger partial charge in [0.1, 0.15) is 5.75 Å². The Balaban J connectivity index is 2.27. The van der Waals surface area contributed by atoms with Crippen LogP contribution in [-0.4, -0.2) is 20.7 Å². The number of rotatable bonds is 5. The topological polar surface area (TPSA) is 21.3 Å². The highest BCUT2D eigenvalue weighted by molar-refractivity contribution is 5.44. The smallest absolute Gasteiger partial charge is 0.124 e. The molecule has 0 spiro atoms. The molecule has 0 atom stereocenters. The van der Waals surface area contributed by atoms with Crippen LogP contribution in [-0.2, 0) is 6.42 Å². The zero-order valence-electron chi connectivity index (χ0n) is 12.1. The van der Waals surface area contributed by atoms with Crippen LogP contribution in [0.15, 0.2) is 12.1 Å². The maximum Gasteiger partial charge on any atom is 0.124 e. The van der Waals surface area contributed by atoms with Crippen LogP contribution in [0.4, 0.5) is 0 Å². The highest BCUT2D eigenvalue weighted by atomic mass is 16.5. The molecular formula is C16H25NO. The number of ether oxygens (including phenoxy) is 1. The summed E-state index contributed by atoms with van der Waals surface area (Å²) in [4.78, 5) is 0. The van der Waals surface area contributed by atoms with E-state index in [-0.39, 0.29) is 0 Å². The van der Waals surface area contributed by atoms with E-state index in [1.807, 2.05) is 0 Å². The fourth-order valence-corrected chi connectivity index (χ4v) is 3.34. The van der Waals surface area contributed by atoms with E-state index in [1.165, 1.54) is 36.0 Å². The second-order valence-electron chi connectivity index (χ2n) is 5.83. The molecule has 2 nitrogen and oxygen atoms in total. The highest BCUT2D eigenvalue weighted by Gasteiger charge is 2.37. The summed E-state index contributed by atoms with van der Waals surface area (Å²) >= 11 is 0. The summed E-state index contributed by atoms with van der Waals surface area (Å²) in [5.41, 5.74) is 4.43. The molecule has 2 heteroatoms. The lowest BCUT2D eigenvalue weighted by molar-refractivity contribution is 0.132. The van der Waals surface area contributed by atoms with Gasteiger partial charge in [0.05, 0.1) is 7.11 Å². The quantitative estimate of drug-likeness (QED) is 0.862. The van der Waals surface area contributed by atoms with Crippen molar-refractivity contribution in [3.8, 4) is 5.75 Å². The van der Waals surface area contributed by atoms with Gasteiger partial charge in [0.25, 0.3) is 0 Å². The molecule has 0 saturated heterocycles. The average molecular weight is 247 g/mol. The molecule has 1 aromatic rings. The first-order chi connectivity index (χ1) is 8.60. The first kappa shape index (κ1) is 13.4. The molecule has 0 bridgehead atoms. The van der Waals surface area contributed by atoms with Crippen molar-refractivity contribution in [3.05, 3.63) is 28.8 Å². The summed E-state index contributed by atoms with van der Waals surface area (Å²) in [5.74, 6) is 1.09. The molecule has 1 saturated carbocycles. The molecule has 0 aliphatic heterocycles. The zero-order chi connectivity index (χ0) is 13.2. The van der Waals surface area contributed by atoms with Crippen LogP contribution < -0.4 is 10.1 Å². The van der Waals surface area contributed by atoms with E-state index in [9.17, 15) is 0 Å². The summed E-state index contributed by atoms with van der Waals surface area (Å²) in [6.07, 6.45) is 5.18. The summed E-state index contributed by atoms with van der Waals surface area (Å²) < 4.78 is 5.60. The number of nitrogens with one attached hydrogen (secondary N) is 1. The molecule has 2 rings (SSSR count). The van der Waals surface area contributed by atoms with E-state index in [4.69, 9.17) is 4.74 Å². The lowest BCUT2D eigenvalue weighted by Crippen LogP contribution is -2.40. The van der Waals surface area contributed by atoms with Crippen LogP contribution >= 0.6 is 0 Å². The monoisotopic (exact) mass is 247 g/mol. The third kappa shape index (κ3) is 2.54. The normalized spacial score (nSPS) is 17.3. The Hall–Kier alpha value is -1.02. The summed E-state index contributed by atoms with van der Waals surface area (Å²) in [6, 6.07) is 4.50. The maximum absolute atomic E-state index is 5.60. The SMILES string of the molecule is CNCC1(Cc2cc(C)cc(C)c2OC)CCC1. The minimum absolute atomic E-state index is 0.461. The van der Waals surface area contributed by atoms with Crippen LogP contribution in [0.25, 0.3) is 0 Å². The first-order valence-electron chi connectivity index (χ1n) is 6.89. The van der Waals surface area contributed by atoms with Gasteiger partial charge in [-0.05, 0) is 56.7 Å². The Bertz CT molecular complexity index is 421. The van der Waals surface area contributed by atoms with Crippen molar-refractivity contribution in [1.82, 2.24) is 5.32 Å².